The van der Waals surface area contributed by atoms with Gasteiger partial charge in [-0.15, -0.1) is 0 Å². The van der Waals surface area contributed by atoms with Crippen molar-refractivity contribution in [3.8, 4) is 0 Å². The molecule has 0 amide bonds. The molecule has 4 fully saturated rings. The fraction of sp³-hybridized carbons (Fsp3) is 0.680. The SMILES string of the molecule is C/C=C(/C)C(=O)O[C@@H]1C(CO)=C[C@@H]2C(=O)[C@]3(C=C(C)[C@H](O)[C@@]13O)[C@H](C)C[C@@H]1[C@H]2C1(C)C.C/C=C(\C)C(=O)O[C@H]1C(C)=C[C@]23C(=O)[C@@H](C=C(CO)[C@@H](O)[C@]12O)[C@H]1[C@@H](C[C@H]3C)C1(C)C. The standard InChI is InChI=1S/2C25H34O6/c1-7-12(2)22(29)31-21-13(3)10-24-14(4)8-17-18(23(17,5)6)16(20(24)28)9-15(11-26)19(27)25(21,24)30;1-7-12(2)22(29)31-21-15(11-26)9-16-18-17(23(18,5)6)8-14(4)24(20(16)28)10-13(3)19(27)25(21,24)30/h2*7,9-10,14,16-19,21,26-27,30H,8,11H2,1-6H3/b12-7+;12-7-/t14-,16+,17-,18+,19-,21+,24+,25+;14-,16+,17-,18+,19+,21-,24+,25-/m11/s1. The molecule has 4 bridgehead atoms. The topological polar surface area (TPSA) is 208 Å². The molecule has 0 saturated heterocycles. The highest BCUT2D eigenvalue weighted by atomic mass is 16.6. The number of hydrogen-bond donors (Lipinski definition) is 6. The zero-order chi connectivity index (χ0) is 46.2. The van der Waals surface area contributed by atoms with E-state index in [1.807, 2.05) is 13.8 Å². The number of hydrogen-bond acceptors (Lipinski definition) is 12. The lowest BCUT2D eigenvalue weighted by molar-refractivity contribution is -0.202. The van der Waals surface area contributed by atoms with Gasteiger partial charge >= 0.3 is 11.9 Å². The second-order valence-corrected chi connectivity index (χ2v) is 21.2. The maximum absolute atomic E-state index is 14.2. The fourth-order valence-electron chi connectivity index (χ4n) is 13.8. The molecule has 0 unspecified atom stereocenters. The van der Waals surface area contributed by atoms with Gasteiger partial charge in [-0.3, -0.25) is 9.59 Å². The molecule has 8 aliphatic carbocycles. The molecular weight excluding hydrogens is 793 g/mol. The number of carbonyl (C=O) groups is 4. The number of ether oxygens (including phenoxy) is 2. The van der Waals surface area contributed by atoms with Crippen LogP contribution in [0.5, 0.6) is 0 Å². The Balaban J connectivity index is 0.000000186. The predicted octanol–water partition coefficient (Wildman–Crippen LogP) is 4.66. The molecule has 6 N–H and O–H groups in total. The summed E-state index contributed by atoms with van der Waals surface area (Å²) in [5.74, 6) is -2.31. The maximum Gasteiger partial charge on any atom is 0.334 e. The Hall–Kier alpha value is -3.52. The summed E-state index contributed by atoms with van der Waals surface area (Å²) < 4.78 is 11.5. The molecule has 0 aromatic heterocycles. The van der Waals surface area contributed by atoms with Gasteiger partial charge in [-0.1, -0.05) is 78.0 Å². The molecule has 0 heterocycles. The van der Waals surface area contributed by atoms with E-state index in [-0.39, 0.29) is 57.2 Å². The van der Waals surface area contributed by atoms with E-state index in [1.165, 1.54) is 0 Å². The molecule has 8 aliphatic rings. The van der Waals surface area contributed by atoms with Crippen molar-refractivity contribution in [1.82, 2.24) is 0 Å². The molecule has 12 heteroatoms. The quantitative estimate of drug-likeness (QED) is 0.123. The first-order chi connectivity index (χ1) is 28.8. The molecule has 0 aliphatic heterocycles. The lowest BCUT2D eigenvalue weighted by Gasteiger charge is -2.49. The minimum absolute atomic E-state index is 0.0209. The lowest BCUT2D eigenvalue weighted by atomic mass is 9.59. The molecule has 12 nitrogen and oxygen atoms in total. The highest BCUT2D eigenvalue weighted by Crippen LogP contribution is 2.73. The number of rotatable bonds is 6. The number of aliphatic hydroxyl groups excluding tert-OH is 4. The first-order valence-electron chi connectivity index (χ1n) is 22.4. The molecule has 0 aromatic carbocycles. The van der Waals surface area contributed by atoms with Crippen LogP contribution in [0.25, 0.3) is 0 Å². The van der Waals surface area contributed by atoms with Crippen LogP contribution in [0.1, 0.15) is 95.9 Å². The summed E-state index contributed by atoms with van der Waals surface area (Å²) >= 11 is 0. The van der Waals surface area contributed by atoms with Gasteiger partial charge in [-0.05, 0) is 123 Å². The molecule has 62 heavy (non-hydrogen) atoms. The monoisotopic (exact) mass is 860 g/mol. The van der Waals surface area contributed by atoms with E-state index >= 15 is 0 Å². The van der Waals surface area contributed by atoms with E-state index in [0.29, 0.717) is 34.1 Å². The van der Waals surface area contributed by atoms with Gasteiger partial charge in [0.1, 0.15) is 12.2 Å². The van der Waals surface area contributed by atoms with Gasteiger partial charge in [0.25, 0.3) is 0 Å². The van der Waals surface area contributed by atoms with Crippen molar-refractivity contribution in [2.24, 2.45) is 69.0 Å². The predicted molar refractivity (Wildman–Crippen MR) is 229 cm³/mol. The van der Waals surface area contributed by atoms with Crippen molar-refractivity contribution in [1.29, 1.82) is 0 Å². The summed E-state index contributed by atoms with van der Waals surface area (Å²) in [6.07, 6.45) is 6.07. The lowest BCUT2D eigenvalue weighted by Crippen LogP contribution is -2.66. The average Bonchev–Trinajstić information content (AvgIpc) is 3.95. The summed E-state index contributed by atoms with van der Waals surface area (Å²) in [7, 11) is 0. The second kappa shape index (κ2) is 15.0. The Morgan fingerprint density at radius 1 is 0.677 bits per heavy atom. The van der Waals surface area contributed by atoms with E-state index < -0.39 is 83.4 Å². The Labute approximate surface area is 365 Å². The van der Waals surface area contributed by atoms with Crippen LogP contribution in [-0.2, 0) is 28.7 Å². The third-order valence-electron chi connectivity index (χ3n) is 17.8. The minimum atomic E-state index is -2.08. The van der Waals surface area contributed by atoms with Crippen molar-refractivity contribution in [3.05, 3.63) is 69.9 Å². The summed E-state index contributed by atoms with van der Waals surface area (Å²) in [4.78, 5) is 53.7. The summed E-state index contributed by atoms with van der Waals surface area (Å²) in [5.41, 5.74) is -4.76. The number of allylic oxidation sites excluding steroid dienone is 4. The Bertz CT molecular complexity index is 2130. The smallest absolute Gasteiger partial charge is 0.334 e. The molecule has 0 radical (unpaired) electrons. The van der Waals surface area contributed by atoms with Crippen LogP contribution in [-0.4, -0.2) is 103 Å². The van der Waals surface area contributed by atoms with E-state index in [9.17, 15) is 49.8 Å². The van der Waals surface area contributed by atoms with Crippen LogP contribution in [0.3, 0.4) is 0 Å². The summed E-state index contributed by atoms with van der Waals surface area (Å²) in [6.45, 7) is 21.6. The zero-order valence-corrected chi connectivity index (χ0v) is 38.4. The number of ketones is 2. The highest BCUT2D eigenvalue weighted by Gasteiger charge is 2.78. The van der Waals surface area contributed by atoms with E-state index in [4.69, 9.17) is 9.47 Å². The molecule has 0 aromatic rings. The molecule has 16 atom stereocenters. The molecule has 340 valence electrons. The van der Waals surface area contributed by atoms with Gasteiger partial charge in [0, 0.05) is 23.0 Å². The van der Waals surface area contributed by atoms with Crippen LogP contribution >= 0.6 is 0 Å². The van der Waals surface area contributed by atoms with Crippen LogP contribution in [0.4, 0.5) is 0 Å². The third kappa shape index (κ3) is 5.84. The van der Waals surface area contributed by atoms with Crippen LogP contribution in [0.2, 0.25) is 0 Å². The van der Waals surface area contributed by atoms with Crippen molar-refractivity contribution >= 4 is 23.5 Å². The van der Waals surface area contributed by atoms with Gasteiger partial charge in [-0.25, -0.2) is 9.59 Å². The fourth-order valence-corrected chi connectivity index (χ4v) is 13.8. The Morgan fingerprint density at radius 3 is 1.48 bits per heavy atom. The number of fused-ring (bicyclic) bond motifs is 6. The van der Waals surface area contributed by atoms with Crippen LogP contribution in [0.15, 0.2) is 69.9 Å². The van der Waals surface area contributed by atoms with Crippen molar-refractivity contribution in [2.45, 2.75) is 132 Å². The van der Waals surface area contributed by atoms with E-state index in [2.05, 4.69) is 27.7 Å². The van der Waals surface area contributed by atoms with Gasteiger partial charge in [0.15, 0.2) is 35.0 Å². The Morgan fingerprint density at radius 2 is 1.06 bits per heavy atom. The second-order valence-electron chi connectivity index (χ2n) is 21.2. The van der Waals surface area contributed by atoms with Gasteiger partial charge in [-0.2, -0.15) is 0 Å². The van der Waals surface area contributed by atoms with Crippen LogP contribution in [0, 0.1) is 69.0 Å². The highest BCUT2D eigenvalue weighted by molar-refractivity contribution is 5.97. The Kier molecular flexibility index (Phi) is 11.3. The van der Waals surface area contributed by atoms with Crippen LogP contribution < -0.4 is 0 Å². The normalized spacial score (nSPS) is 45.6. The van der Waals surface area contributed by atoms with Crippen molar-refractivity contribution in [2.75, 3.05) is 13.2 Å². The number of Topliss-reactive ketones (excluding diaryl/α,β-unsaturated/α-hetero) is 2. The minimum Gasteiger partial charge on any atom is -0.451 e. The van der Waals surface area contributed by atoms with E-state index in [0.717, 1.165) is 12.8 Å². The summed E-state index contributed by atoms with van der Waals surface area (Å²) in [6, 6.07) is 0. The first kappa shape index (κ1) is 46.5. The third-order valence-corrected chi connectivity index (χ3v) is 17.8. The molecule has 2 spiro atoms. The van der Waals surface area contributed by atoms with E-state index in [1.54, 1.807) is 78.0 Å². The summed E-state index contributed by atoms with van der Waals surface area (Å²) in [5, 5.41) is 67.4. The largest absolute Gasteiger partial charge is 0.451 e. The van der Waals surface area contributed by atoms with Crippen molar-refractivity contribution in [3.63, 3.8) is 0 Å². The number of carbonyl (C=O) groups excluding carboxylic acids is 4. The molecular formula is C50H68O12. The van der Waals surface area contributed by atoms with Crippen molar-refractivity contribution < 1.29 is 59.3 Å². The number of aliphatic hydroxyl groups is 6. The van der Waals surface area contributed by atoms with Gasteiger partial charge < -0.3 is 40.1 Å². The molecule has 4 saturated carbocycles. The number of esters is 2. The molecule has 8 rings (SSSR count). The first-order valence-corrected chi connectivity index (χ1v) is 22.4. The maximum atomic E-state index is 14.2. The average molecular weight is 861 g/mol. The zero-order valence-electron chi connectivity index (χ0n) is 38.4. The van der Waals surface area contributed by atoms with Gasteiger partial charge in [0.2, 0.25) is 0 Å². The van der Waals surface area contributed by atoms with Gasteiger partial charge in [0.05, 0.1) is 24.0 Å².